The van der Waals surface area contributed by atoms with Gasteiger partial charge in [-0.05, 0) is 12.8 Å². The molecule has 1 atom stereocenters. The van der Waals surface area contributed by atoms with Gasteiger partial charge in [-0.2, -0.15) is 0 Å². The van der Waals surface area contributed by atoms with E-state index in [0.29, 0.717) is 6.42 Å². The number of ketones is 3. The van der Waals surface area contributed by atoms with Gasteiger partial charge in [-0.25, -0.2) is 0 Å². The Bertz CT molecular complexity index is 290. The first-order valence-corrected chi connectivity index (χ1v) is 6.30. The quantitative estimate of drug-likeness (QED) is 0.655. The van der Waals surface area contributed by atoms with Crippen molar-refractivity contribution in [3.05, 3.63) is 0 Å². The molecule has 0 rings (SSSR count). The van der Waals surface area contributed by atoms with Crippen molar-refractivity contribution in [3.8, 4) is 0 Å². The molecular weight excluding hydrogens is 216 g/mol. The van der Waals surface area contributed by atoms with E-state index in [1.54, 1.807) is 0 Å². The zero-order valence-corrected chi connectivity index (χ0v) is 11.6. The molecule has 3 heteroatoms. The van der Waals surface area contributed by atoms with Crippen LogP contribution in [-0.2, 0) is 14.4 Å². The topological polar surface area (TPSA) is 51.2 Å². The summed E-state index contributed by atoms with van der Waals surface area (Å²) in [6.45, 7) is 9.08. The summed E-state index contributed by atoms with van der Waals surface area (Å²) < 4.78 is 0. The van der Waals surface area contributed by atoms with Crippen molar-refractivity contribution in [2.45, 2.75) is 53.9 Å². The zero-order valence-electron chi connectivity index (χ0n) is 11.6. The van der Waals surface area contributed by atoms with E-state index < -0.39 is 0 Å². The summed E-state index contributed by atoms with van der Waals surface area (Å²) >= 11 is 0. The molecule has 3 nitrogen and oxygen atoms in total. The molecule has 0 aliphatic rings. The van der Waals surface area contributed by atoms with Gasteiger partial charge in [0.05, 0.1) is 0 Å². The Morgan fingerprint density at radius 3 is 1.82 bits per heavy atom. The van der Waals surface area contributed by atoms with Crippen LogP contribution in [0.1, 0.15) is 53.9 Å². The summed E-state index contributed by atoms with van der Waals surface area (Å²) in [7, 11) is 0. The highest BCUT2D eigenvalue weighted by Crippen LogP contribution is 2.18. The predicted octanol–water partition coefficient (Wildman–Crippen LogP) is 2.81. The Morgan fingerprint density at radius 2 is 1.47 bits per heavy atom. The summed E-state index contributed by atoms with van der Waals surface area (Å²) in [6, 6.07) is 0. The molecule has 0 heterocycles. The number of carbonyl (C=O) groups excluding carboxylic acids is 3. The first-order chi connectivity index (χ1) is 7.75. The Balaban J connectivity index is 4.17. The zero-order chi connectivity index (χ0) is 13.6. The third-order valence-corrected chi connectivity index (χ3v) is 3.07. The van der Waals surface area contributed by atoms with E-state index in [2.05, 4.69) is 0 Å². The number of carbonyl (C=O) groups is 3. The van der Waals surface area contributed by atoms with Crippen molar-refractivity contribution in [2.24, 2.45) is 17.8 Å². The lowest BCUT2D eigenvalue weighted by Crippen LogP contribution is -2.22. The second-order valence-corrected chi connectivity index (χ2v) is 5.32. The number of Topliss-reactive ketones (excluding diaryl/α,β-unsaturated/α-hetero) is 3. The van der Waals surface area contributed by atoms with Crippen LogP contribution in [0.2, 0.25) is 0 Å². The van der Waals surface area contributed by atoms with Crippen LogP contribution in [-0.4, -0.2) is 17.3 Å². The molecule has 0 aromatic heterocycles. The van der Waals surface area contributed by atoms with Crippen molar-refractivity contribution < 1.29 is 14.4 Å². The van der Waals surface area contributed by atoms with E-state index in [1.165, 1.54) is 6.92 Å². The minimum Gasteiger partial charge on any atom is -0.300 e. The summed E-state index contributed by atoms with van der Waals surface area (Å²) in [4.78, 5) is 34.4. The van der Waals surface area contributed by atoms with Gasteiger partial charge in [-0.15, -0.1) is 0 Å². The average molecular weight is 240 g/mol. The van der Waals surface area contributed by atoms with Gasteiger partial charge in [-0.1, -0.05) is 27.7 Å². The number of rotatable bonds is 8. The summed E-state index contributed by atoms with van der Waals surface area (Å²) in [5.74, 6) is 0.157. The lowest BCUT2D eigenvalue weighted by molar-refractivity contribution is -0.129. The third-order valence-electron chi connectivity index (χ3n) is 3.07. The second kappa shape index (κ2) is 7.36. The van der Waals surface area contributed by atoms with Crippen LogP contribution in [0.3, 0.4) is 0 Å². The maximum absolute atomic E-state index is 11.7. The van der Waals surface area contributed by atoms with Crippen molar-refractivity contribution in [3.63, 3.8) is 0 Å². The highest BCUT2D eigenvalue weighted by molar-refractivity contribution is 5.90. The Kier molecular flexibility index (Phi) is 6.93. The van der Waals surface area contributed by atoms with E-state index in [-0.39, 0.29) is 47.9 Å². The Hall–Kier alpha value is -0.990. The highest BCUT2D eigenvalue weighted by atomic mass is 16.1. The number of hydrogen-bond donors (Lipinski definition) is 0. The first kappa shape index (κ1) is 16.0. The van der Waals surface area contributed by atoms with Crippen molar-refractivity contribution in [1.29, 1.82) is 0 Å². The van der Waals surface area contributed by atoms with Gasteiger partial charge in [-0.3, -0.25) is 14.4 Å². The minimum absolute atomic E-state index is 0.0171. The Morgan fingerprint density at radius 1 is 0.941 bits per heavy atom. The maximum atomic E-state index is 11.7. The Labute approximate surface area is 104 Å². The molecule has 0 unspecified atom stereocenters. The first-order valence-electron chi connectivity index (χ1n) is 6.30. The van der Waals surface area contributed by atoms with Gasteiger partial charge in [0.1, 0.15) is 17.3 Å². The van der Waals surface area contributed by atoms with Crippen LogP contribution in [0.5, 0.6) is 0 Å². The monoisotopic (exact) mass is 240 g/mol. The third kappa shape index (κ3) is 6.35. The van der Waals surface area contributed by atoms with Crippen LogP contribution in [0.4, 0.5) is 0 Å². The molecule has 0 fully saturated rings. The minimum atomic E-state index is -0.198. The van der Waals surface area contributed by atoms with Gasteiger partial charge in [0.2, 0.25) is 0 Å². The van der Waals surface area contributed by atoms with Crippen LogP contribution in [0.25, 0.3) is 0 Å². The van der Waals surface area contributed by atoms with Crippen LogP contribution >= 0.6 is 0 Å². The van der Waals surface area contributed by atoms with Crippen molar-refractivity contribution in [2.75, 3.05) is 0 Å². The van der Waals surface area contributed by atoms with Crippen molar-refractivity contribution >= 4 is 17.3 Å². The van der Waals surface area contributed by atoms with Crippen LogP contribution < -0.4 is 0 Å². The molecule has 0 N–H and O–H groups in total. The maximum Gasteiger partial charge on any atom is 0.135 e. The van der Waals surface area contributed by atoms with E-state index in [1.807, 2.05) is 27.7 Å². The predicted molar refractivity (Wildman–Crippen MR) is 67.7 cm³/mol. The summed E-state index contributed by atoms with van der Waals surface area (Å²) in [5.41, 5.74) is 0. The smallest absolute Gasteiger partial charge is 0.135 e. The average Bonchev–Trinajstić information content (AvgIpc) is 2.21. The molecule has 98 valence electrons. The van der Waals surface area contributed by atoms with Crippen LogP contribution in [0.15, 0.2) is 0 Å². The molecule has 0 saturated carbocycles. The molecule has 0 bridgehead atoms. The molecule has 0 amide bonds. The highest BCUT2D eigenvalue weighted by Gasteiger charge is 2.22. The SMILES string of the molecule is CC(=O)[C@@H](CC(=O)CCC(=O)C(C)C)C(C)C. The van der Waals surface area contributed by atoms with E-state index >= 15 is 0 Å². The molecule has 0 aliphatic carbocycles. The molecular formula is C14H24O3. The summed E-state index contributed by atoms with van der Waals surface area (Å²) in [6.07, 6.45) is 0.852. The molecule has 0 aromatic rings. The lowest BCUT2D eigenvalue weighted by atomic mass is 9.86. The standard InChI is InChI=1S/C14H24O3/c1-9(2)13(11(5)15)8-12(16)6-7-14(17)10(3)4/h9-10,13H,6-8H2,1-5H3/t13-/m0/s1. The molecule has 0 saturated heterocycles. The second-order valence-electron chi connectivity index (χ2n) is 5.32. The van der Waals surface area contributed by atoms with Gasteiger partial charge < -0.3 is 0 Å². The lowest BCUT2D eigenvalue weighted by Gasteiger charge is -2.16. The van der Waals surface area contributed by atoms with Crippen molar-refractivity contribution in [1.82, 2.24) is 0 Å². The van der Waals surface area contributed by atoms with Gasteiger partial charge in [0.15, 0.2) is 0 Å². The number of hydrogen-bond acceptors (Lipinski definition) is 3. The largest absolute Gasteiger partial charge is 0.300 e. The molecule has 0 spiro atoms. The fourth-order valence-corrected chi connectivity index (χ4v) is 1.75. The van der Waals surface area contributed by atoms with E-state index in [0.717, 1.165) is 0 Å². The van der Waals surface area contributed by atoms with Gasteiger partial charge in [0, 0.05) is 31.1 Å². The molecule has 17 heavy (non-hydrogen) atoms. The van der Waals surface area contributed by atoms with Gasteiger partial charge >= 0.3 is 0 Å². The fourth-order valence-electron chi connectivity index (χ4n) is 1.75. The van der Waals surface area contributed by atoms with Gasteiger partial charge in [0.25, 0.3) is 0 Å². The molecule has 0 aromatic carbocycles. The molecule has 0 radical (unpaired) electrons. The van der Waals surface area contributed by atoms with Crippen LogP contribution in [0, 0.1) is 17.8 Å². The molecule has 0 aliphatic heterocycles. The fraction of sp³-hybridized carbons (Fsp3) is 0.786. The van der Waals surface area contributed by atoms with E-state index in [4.69, 9.17) is 0 Å². The normalized spacial score (nSPS) is 12.9. The van der Waals surface area contributed by atoms with E-state index in [9.17, 15) is 14.4 Å². The summed E-state index contributed by atoms with van der Waals surface area (Å²) in [5, 5.41) is 0.